The summed E-state index contributed by atoms with van der Waals surface area (Å²) in [4.78, 5) is 17.0. The molecule has 3 rings (SSSR count). The molecule has 4 nitrogen and oxygen atoms in total. The van der Waals surface area contributed by atoms with Crippen LogP contribution in [0.15, 0.2) is 36.4 Å². The lowest BCUT2D eigenvalue weighted by Gasteiger charge is -2.23. The highest BCUT2D eigenvalue weighted by atomic mass is 35.5. The van der Waals surface area contributed by atoms with E-state index in [4.69, 9.17) is 11.6 Å². The minimum Gasteiger partial charge on any atom is -0.372 e. The first-order valence-corrected chi connectivity index (χ1v) is 9.74. The number of hydrogen-bond donors (Lipinski definition) is 2. The van der Waals surface area contributed by atoms with Gasteiger partial charge < -0.3 is 10.6 Å². The highest BCUT2D eigenvalue weighted by Gasteiger charge is 2.31. The van der Waals surface area contributed by atoms with Crippen LogP contribution in [-0.4, -0.2) is 16.9 Å². The number of hydrogen-bond acceptors (Lipinski definition) is 4. The number of thiazole rings is 1. The van der Waals surface area contributed by atoms with Gasteiger partial charge in [-0.1, -0.05) is 36.8 Å². The van der Waals surface area contributed by atoms with E-state index < -0.39 is 29.5 Å². The van der Waals surface area contributed by atoms with Crippen molar-refractivity contribution in [3.05, 3.63) is 52.8 Å². The van der Waals surface area contributed by atoms with E-state index in [-0.39, 0.29) is 16.6 Å². The summed E-state index contributed by atoms with van der Waals surface area (Å²) >= 11 is 7.10. The second kappa shape index (κ2) is 8.16. The van der Waals surface area contributed by atoms with Crippen molar-refractivity contribution in [2.45, 2.75) is 26.1 Å². The van der Waals surface area contributed by atoms with E-state index in [0.717, 1.165) is 23.5 Å². The number of alkyl halides is 3. The molecule has 1 atom stereocenters. The molecule has 29 heavy (non-hydrogen) atoms. The van der Waals surface area contributed by atoms with Crippen LogP contribution in [0.5, 0.6) is 0 Å². The summed E-state index contributed by atoms with van der Waals surface area (Å²) < 4.78 is 52.3. The van der Waals surface area contributed by atoms with E-state index in [2.05, 4.69) is 15.6 Å². The molecular weight excluding hydrogens is 430 g/mol. The standard InChI is InChI=1S/C19H16ClF4N3OS/c1-9(2)16(25-13-5-3-10(7-12(13)20)19(22,23)24)17(28)27-18-26-14-6-4-11(21)8-15(14)29-18/h3-9,16,25H,1-2H3,(H,26,27,28)/t16-/m1/s1. The van der Waals surface area contributed by atoms with Crippen LogP contribution in [0.1, 0.15) is 19.4 Å². The molecule has 2 N–H and O–H groups in total. The van der Waals surface area contributed by atoms with Gasteiger partial charge in [0.15, 0.2) is 5.13 Å². The van der Waals surface area contributed by atoms with E-state index in [1.807, 2.05) is 0 Å². The van der Waals surface area contributed by atoms with E-state index in [9.17, 15) is 22.4 Å². The number of fused-ring (bicyclic) bond motifs is 1. The van der Waals surface area contributed by atoms with Crippen molar-refractivity contribution in [2.75, 3.05) is 10.6 Å². The maximum Gasteiger partial charge on any atom is 0.416 e. The van der Waals surface area contributed by atoms with Crippen molar-refractivity contribution in [1.29, 1.82) is 0 Å². The number of amides is 1. The molecule has 3 aromatic rings. The summed E-state index contributed by atoms with van der Waals surface area (Å²) in [6.07, 6.45) is -4.51. The van der Waals surface area contributed by atoms with Crippen LogP contribution in [0.25, 0.3) is 10.2 Å². The summed E-state index contributed by atoms with van der Waals surface area (Å²) in [5.41, 5.74) is -0.119. The lowest BCUT2D eigenvalue weighted by Crippen LogP contribution is -2.39. The van der Waals surface area contributed by atoms with E-state index >= 15 is 0 Å². The van der Waals surface area contributed by atoms with Gasteiger partial charge in [-0.2, -0.15) is 13.2 Å². The molecule has 0 saturated carbocycles. The van der Waals surface area contributed by atoms with Gasteiger partial charge in [0.05, 0.1) is 26.5 Å². The van der Waals surface area contributed by atoms with Crippen LogP contribution in [0.2, 0.25) is 5.02 Å². The van der Waals surface area contributed by atoms with E-state index in [1.54, 1.807) is 13.8 Å². The zero-order chi connectivity index (χ0) is 21.3. The quantitative estimate of drug-likeness (QED) is 0.461. The maximum absolute atomic E-state index is 13.3. The van der Waals surface area contributed by atoms with Gasteiger partial charge in [0.1, 0.15) is 11.9 Å². The molecule has 0 saturated heterocycles. The van der Waals surface area contributed by atoms with Crippen molar-refractivity contribution in [2.24, 2.45) is 5.92 Å². The number of nitrogens with one attached hydrogen (secondary N) is 2. The molecule has 0 aliphatic heterocycles. The molecule has 154 valence electrons. The van der Waals surface area contributed by atoms with E-state index in [1.165, 1.54) is 24.3 Å². The Kier molecular flexibility index (Phi) is 6.00. The molecule has 1 heterocycles. The Bertz CT molecular complexity index is 1050. The Hall–Kier alpha value is -2.39. The second-order valence-electron chi connectivity index (χ2n) is 6.68. The number of carbonyl (C=O) groups excluding carboxylic acids is 1. The fraction of sp³-hybridized carbons (Fsp3) is 0.263. The molecule has 0 fully saturated rings. The highest BCUT2D eigenvalue weighted by molar-refractivity contribution is 7.22. The molecule has 0 spiro atoms. The number of rotatable bonds is 5. The summed E-state index contributed by atoms with van der Waals surface area (Å²) in [6.45, 7) is 3.56. The van der Waals surface area contributed by atoms with Crippen LogP contribution in [-0.2, 0) is 11.0 Å². The van der Waals surface area contributed by atoms with Gasteiger partial charge in [0.2, 0.25) is 5.91 Å². The molecule has 0 aliphatic carbocycles. The number of aromatic nitrogens is 1. The Balaban J connectivity index is 1.79. The third-order valence-electron chi connectivity index (χ3n) is 4.14. The highest BCUT2D eigenvalue weighted by Crippen LogP contribution is 2.34. The summed E-state index contributed by atoms with van der Waals surface area (Å²) in [5, 5.41) is 5.71. The predicted octanol–water partition coefficient (Wildman–Crippen LogP) is 6.18. The Morgan fingerprint density at radius 3 is 2.52 bits per heavy atom. The molecule has 1 amide bonds. The summed E-state index contributed by atoms with van der Waals surface area (Å²) in [6, 6.07) is 6.22. The van der Waals surface area contributed by atoms with Gasteiger partial charge >= 0.3 is 6.18 Å². The first-order valence-electron chi connectivity index (χ1n) is 8.55. The van der Waals surface area contributed by atoms with Crippen molar-refractivity contribution >= 4 is 49.9 Å². The Labute approximate surface area is 172 Å². The van der Waals surface area contributed by atoms with Crippen LogP contribution in [0, 0.1) is 11.7 Å². The van der Waals surface area contributed by atoms with Crippen molar-refractivity contribution in [1.82, 2.24) is 4.98 Å². The van der Waals surface area contributed by atoms with Crippen LogP contribution in [0.4, 0.5) is 28.4 Å². The molecule has 0 unspecified atom stereocenters. The van der Waals surface area contributed by atoms with Crippen LogP contribution in [0.3, 0.4) is 0 Å². The smallest absolute Gasteiger partial charge is 0.372 e. The van der Waals surface area contributed by atoms with Gasteiger partial charge in [-0.15, -0.1) is 0 Å². The van der Waals surface area contributed by atoms with Crippen molar-refractivity contribution in [3.8, 4) is 0 Å². The number of benzene rings is 2. The lowest BCUT2D eigenvalue weighted by molar-refractivity contribution is -0.137. The second-order valence-corrected chi connectivity index (χ2v) is 8.12. The normalized spacial score (nSPS) is 13.0. The van der Waals surface area contributed by atoms with E-state index in [0.29, 0.717) is 15.3 Å². The molecule has 1 aromatic heterocycles. The molecule has 2 aromatic carbocycles. The first-order chi connectivity index (χ1) is 13.5. The monoisotopic (exact) mass is 445 g/mol. The van der Waals surface area contributed by atoms with Gasteiger partial charge in [0.25, 0.3) is 0 Å². The lowest BCUT2D eigenvalue weighted by atomic mass is 10.0. The third kappa shape index (κ3) is 4.97. The number of anilines is 2. The largest absolute Gasteiger partial charge is 0.416 e. The SMILES string of the molecule is CC(C)[C@@H](Nc1ccc(C(F)(F)F)cc1Cl)C(=O)Nc1nc2ccc(F)cc2s1. The summed E-state index contributed by atoms with van der Waals surface area (Å²) in [7, 11) is 0. The van der Waals surface area contributed by atoms with Gasteiger partial charge in [0, 0.05) is 0 Å². The number of nitrogens with zero attached hydrogens (tertiary/aromatic N) is 1. The topological polar surface area (TPSA) is 54.0 Å². The molecular formula is C19H16ClF4N3OS. The maximum atomic E-state index is 13.3. The number of carbonyl (C=O) groups is 1. The fourth-order valence-corrected chi connectivity index (χ4v) is 3.77. The van der Waals surface area contributed by atoms with Gasteiger partial charge in [-0.25, -0.2) is 9.37 Å². The average molecular weight is 446 g/mol. The van der Waals surface area contributed by atoms with Gasteiger partial charge in [-0.05, 0) is 42.3 Å². The zero-order valence-corrected chi connectivity index (χ0v) is 16.8. The molecule has 0 bridgehead atoms. The Morgan fingerprint density at radius 1 is 1.17 bits per heavy atom. The molecule has 10 heteroatoms. The van der Waals surface area contributed by atoms with Crippen LogP contribution < -0.4 is 10.6 Å². The minimum atomic E-state index is -4.51. The predicted molar refractivity (Wildman–Crippen MR) is 107 cm³/mol. The van der Waals surface area contributed by atoms with Crippen molar-refractivity contribution in [3.63, 3.8) is 0 Å². The van der Waals surface area contributed by atoms with Crippen molar-refractivity contribution < 1.29 is 22.4 Å². The van der Waals surface area contributed by atoms with Gasteiger partial charge in [-0.3, -0.25) is 4.79 Å². The third-order valence-corrected chi connectivity index (χ3v) is 5.38. The number of halogens is 5. The molecule has 0 radical (unpaired) electrons. The Morgan fingerprint density at radius 2 is 1.90 bits per heavy atom. The minimum absolute atomic E-state index is 0.145. The first kappa shape index (κ1) is 21.3. The summed E-state index contributed by atoms with van der Waals surface area (Å²) in [5.74, 6) is -1.05. The molecule has 0 aliphatic rings. The average Bonchev–Trinajstić information content (AvgIpc) is 3.00. The fourth-order valence-electron chi connectivity index (χ4n) is 2.65. The zero-order valence-electron chi connectivity index (χ0n) is 15.3. The van der Waals surface area contributed by atoms with Crippen LogP contribution >= 0.6 is 22.9 Å².